The highest BCUT2D eigenvalue weighted by Crippen LogP contribution is 2.41. The summed E-state index contributed by atoms with van der Waals surface area (Å²) in [5, 5.41) is 0. The van der Waals surface area contributed by atoms with Crippen molar-refractivity contribution < 1.29 is 12.8 Å². The fraction of sp³-hybridized carbons (Fsp3) is 0.278. The van der Waals surface area contributed by atoms with E-state index in [2.05, 4.69) is 9.71 Å². The Morgan fingerprint density at radius 1 is 1.16 bits per heavy atom. The quantitative estimate of drug-likeness (QED) is 0.703. The number of aromatic nitrogens is 1. The molecule has 2 heterocycles. The van der Waals surface area contributed by atoms with E-state index >= 15 is 0 Å². The van der Waals surface area contributed by atoms with Crippen molar-refractivity contribution in [3.05, 3.63) is 53.5 Å². The first kappa shape index (κ1) is 16.4. The second-order valence-corrected chi connectivity index (χ2v) is 9.32. The van der Waals surface area contributed by atoms with Crippen LogP contribution in [0, 0.1) is 13.8 Å². The summed E-state index contributed by atoms with van der Waals surface area (Å²) >= 11 is 1.19. The third kappa shape index (κ3) is 3.21. The van der Waals surface area contributed by atoms with Gasteiger partial charge in [-0.2, -0.15) is 0 Å². The number of nitrogens with zero attached hydrogens (tertiary/aromatic N) is 1. The van der Waals surface area contributed by atoms with E-state index in [4.69, 9.17) is 4.42 Å². The molecule has 0 saturated heterocycles. The molecule has 0 radical (unpaired) electrons. The normalized spacial score (nSPS) is 14.6. The van der Waals surface area contributed by atoms with Gasteiger partial charge in [0.1, 0.15) is 4.21 Å². The Bertz CT molecular complexity index is 1010. The predicted octanol–water partition coefficient (Wildman–Crippen LogP) is 4.70. The Labute approximate surface area is 150 Å². The molecule has 25 heavy (non-hydrogen) atoms. The lowest BCUT2D eigenvalue weighted by Crippen LogP contribution is -2.13. The van der Waals surface area contributed by atoms with Crippen LogP contribution in [0.5, 0.6) is 0 Å². The van der Waals surface area contributed by atoms with E-state index in [9.17, 15) is 8.42 Å². The molecule has 0 spiro atoms. The van der Waals surface area contributed by atoms with E-state index < -0.39 is 10.0 Å². The van der Waals surface area contributed by atoms with Gasteiger partial charge in [-0.05, 0) is 49.9 Å². The fourth-order valence-electron chi connectivity index (χ4n) is 2.68. The molecule has 4 rings (SSSR count). The van der Waals surface area contributed by atoms with Gasteiger partial charge < -0.3 is 4.42 Å². The van der Waals surface area contributed by atoms with Crippen molar-refractivity contribution in [3.63, 3.8) is 0 Å². The second-order valence-electron chi connectivity index (χ2n) is 6.33. The minimum atomic E-state index is -3.64. The maximum atomic E-state index is 12.7. The van der Waals surface area contributed by atoms with Crippen LogP contribution in [0.15, 0.2) is 45.2 Å². The maximum Gasteiger partial charge on any atom is 0.271 e. The van der Waals surface area contributed by atoms with Crippen LogP contribution in [0.25, 0.3) is 10.6 Å². The van der Waals surface area contributed by atoms with Crippen LogP contribution in [0.4, 0.5) is 5.69 Å². The van der Waals surface area contributed by atoms with Gasteiger partial charge in [-0.25, -0.2) is 13.4 Å². The zero-order valence-corrected chi connectivity index (χ0v) is 15.6. The topological polar surface area (TPSA) is 72.2 Å². The van der Waals surface area contributed by atoms with E-state index in [-0.39, 0.29) is 4.21 Å². The number of rotatable bonds is 5. The van der Waals surface area contributed by atoms with Crippen LogP contribution in [0.3, 0.4) is 0 Å². The van der Waals surface area contributed by atoms with Crippen LogP contribution in [-0.2, 0) is 10.0 Å². The summed E-state index contributed by atoms with van der Waals surface area (Å²) in [7, 11) is -3.64. The molecule has 3 aromatic rings. The molecule has 0 aliphatic heterocycles. The molecular weight excluding hydrogens is 356 g/mol. The van der Waals surface area contributed by atoms with Crippen molar-refractivity contribution in [1.82, 2.24) is 4.98 Å². The molecule has 1 saturated carbocycles. The summed E-state index contributed by atoms with van der Waals surface area (Å²) in [6.45, 7) is 3.78. The molecule has 1 aliphatic carbocycles. The number of nitrogens with one attached hydrogen (secondary N) is 1. The van der Waals surface area contributed by atoms with Gasteiger partial charge in [-0.15, -0.1) is 11.3 Å². The highest BCUT2D eigenvalue weighted by atomic mass is 32.2. The molecule has 1 aromatic carbocycles. The number of thiophene rings is 1. The number of benzene rings is 1. The molecule has 1 aliphatic rings. The summed E-state index contributed by atoms with van der Waals surface area (Å²) in [5.74, 6) is 1.81. The van der Waals surface area contributed by atoms with E-state index in [1.807, 2.05) is 32.0 Å². The zero-order chi connectivity index (χ0) is 17.6. The molecule has 1 fully saturated rings. The van der Waals surface area contributed by atoms with E-state index in [1.165, 1.54) is 11.3 Å². The minimum absolute atomic E-state index is 0.259. The van der Waals surface area contributed by atoms with Gasteiger partial charge in [0.2, 0.25) is 0 Å². The number of oxazole rings is 1. The highest BCUT2D eigenvalue weighted by Gasteiger charge is 2.29. The first-order valence-electron chi connectivity index (χ1n) is 8.09. The standard InChI is InChI=1S/C18H18N2O3S2/c1-11-4-3-5-12(2)17(11)20-25(21,22)16-9-8-15(24-16)14-10-19-18(23-14)13-6-7-13/h3-5,8-10,13,20H,6-7H2,1-2H3. The summed E-state index contributed by atoms with van der Waals surface area (Å²) in [6, 6.07) is 9.06. The Kier molecular flexibility index (Phi) is 3.92. The average molecular weight is 374 g/mol. The Hall–Kier alpha value is -2.12. The highest BCUT2D eigenvalue weighted by molar-refractivity contribution is 7.94. The lowest BCUT2D eigenvalue weighted by atomic mass is 10.1. The molecule has 130 valence electrons. The SMILES string of the molecule is Cc1cccc(C)c1NS(=O)(=O)c1ccc(-c2cnc(C3CC3)o2)s1. The summed E-state index contributed by atoms with van der Waals surface area (Å²) in [6.07, 6.45) is 3.91. The lowest BCUT2D eigenvalue weighted by Gasteiger charge is -2.11. The lowest BCUT2D eigenvalue weighted by molar-refractivity contribution is 0.510. The number of para-hydroxylation sites is 1. The van der Waals surface area contributed by atoms with Gasteiger partial charge in [-0.3, -0.25) is 4.72 Å². The van der Waals surface area contributed by atoms with Gasteiger partial charge in [0.15, 0.2) is 11.7 Å². The van der Waals surface area contributed by atoms with Crippen molar-refractivity contribution in [2.75, 3.05) is 4.72 Å². The number of hydrogen-bond acceptors (Lipinski definition) is 5. The van der Waals surface area contributed by atoms with E-state index in [0.29, 0.717) is 17.4 Å². The van der Waals surface area contributed by atoms with Crippen molar-refractivity contribution in [2.24, 2.45) is 0 Å². The third-order valence-corrected chi connectivity index (χ3v) is 7.20. The van der Waals surface area contributed by atoms with Crippen molar-refractivity contribution >= 4 is 27.0 Å². The van der Waals surface area contributed by atoms with Crippen molar-refractivity contribution in [2.45, 2.75) is 36.8 Å². The summed E-state index contributed by atoms with van der Waals surface area (Å²) in [5.41, 5.74) is 2.42. The molecule has 0 bridgehead atoms. The third-order valence-electron chi connectivity index (χ3n) is 4.26. The van der Waals surface area contributed by atoms with Crippen LogP contribution in [0.2, 0.25) is 0 Å². The van der Waals surface area contributed by atoms with Crippen LogP contribution in [-0.4, -0.2) is 13.4 Å². The molecule has 0 unspecified atom stereocenters. The van der Waals surface area contributed by atoms with Gasteiger partial charge in [-0.1, -0.05) is 18.2 Å². The molecule has 7 heteroatoms. The monoisotopic (exact) mass is 374 g/mol. The Morgan fingerprint density at radius 2 is 1.88 bits per heavy atom. The van der Waals surface area contributed by atoms with Crippen LogP contribution in [0.1, 0.15) is 35.8 Å². The van der Waals surface area contributed by atoms with Crippen LogP contribution < -0.4 is 4.72 Å². The summed E-state index contributed by atoms with van der Waals surface area (Å²) in [4.78, 5) is 5.06. The van der Waals surface area contributed by atoms with Crippen LogP contribution >= 0.6 is 11.3 Å². The minimum Gasteiger partial charge on any atom is -0.440 e. The molecule has 1 N–H and O–H groups in total. The average Bonchev–Trinajstić information content (AvgIpc) is 3.10. The number of anilines is 1. The molecule has 0 amide bonds. The smallest absolute Gasteiger partial charge is 0.271 e. The molecular formula is C18H18N2O3S2. The number of aryl methyl sites for hydroxylation is 2. The first-order chi connectivity index (χ1) is 11.9. The molecule has 2 aromatic heterocycles. The Morgan fingerprint density at radius 3 is 2.56 bits per heavy atom. The van der Waals surface area contributed by atoms with Crippen molar-refractivity contribution in [3.8, 4) is 10.6 Å². The first-order valence-corrected chi connectivity index (χ1v) is 10.4. The molecule has 5 nitrogen and oxygen atoms in total. The Balaban J connectivity index is 1.61. The second kappa shape index (κ2) is 6.00. The predicted molar refractivity (Wildman–Crippen MR) is 98.5 cm³/mol. The number of hydrogen-bond donors (Lipinski definition) is 1. The van der Waals surface area contributed by atoms with Gasteiger partial charge >= 0.3 is 0 Å². The van der Waals surface area contributed by atoms with Gasteiger partial charge in [0.05, 0.1) is 16.8 Å². The fourth-order valence-corrected chi connectivity index (χ4v) is 5.13. The van der Waals surface area contributed by atoms with E-state index in [1.54, 1.807) is 18.3 Å². The van der Waals surface area contributed by atoms with Crippen molar-refractivity contribution in [1.29, 1.82) is 0 Å². The zero-order valence-electron chi connectivity index (χ0n) is 13.9. The van der Waals surface area contributed by atoms with E-state index in [0.717, 1.165) is 34.7 Å². The largest absolute Gasteiger partial charge is 0.440 e. The molecule has 0 atom stereocenters. The number of sulfonamides is 1. The summed E-state index contributed by atoms with van der Waals surface area (Å²) < 4.78 is 34.2. The van der Waals surface area contributed by atoms with Gasteiger partial charge in [0, 0.05) is 5.92 Å². The van der Waals surface area contributed by atoms with Gasteiger partial charge in [0.25, 0.3) is 10.0 Å². The maximum absolute atomic E-state index is 12.7.